The van der Waals surface area contributed by atoms with Crippen LogP contribution in [-0.4, -0.2) is 57.7 Å². The molecule has 4 nitrogen and oxygen atoms in total. The molecule has 1 heterocycles. The number of hydrogen-bond donors (Lipinski definition) is 0. The van der Waals surface area contributed by atoms with Crippen molar-refractivity contribution < 1.29 is 23.0 Å². The first kappa shape index (κ1) is 19.4. The summed E-state index contributed by atoms with van der Waals surface area (Å²) >= 11 is 1.69. The van der Waals surface area contributed by atoms with Crippen LogP contribution in [0.15, 0.2) is 17.0 Å². The quantitative estimate of drug-likeness (QED) is 0.629. The summed E-state index contributed by atoms with van der Waals surface area (Å²) in [6.45, 7) is 0.0118. The molecule has 0 aromatic heterocycles. The van der Waals surface area contributed by atoms with Crippen molar-refractivity contribution in [3.63, 3.8) is 0 Å². The van der Waals surface area contributed by atoms with Gasteiger partial charge in [0, 0.05) is 37.2 Å². The van der Waals surface area contributed by atoms with Crippen LogP contribution in [-0.2, 0) is 22.5 Å². The zero-order chi connectivity index (χ0) is 17.5. The third-order valence-corrected chi connectivity index (χ3v) is 5.02. The van der Waals surface area contributed by atoms with E-state index in [4.69, 9.17) is 9.47 Å². The molecule has 0 spiro atoms. The Morgan fingerprint density at radius 1 is 1.29 bits per heavy atom. The summed E-state index contributed by atoms with van der Waals surface area (Å²) in [5, 5.41) is 0. The SMILES string of the molecule is COCc1cc(SC)c(CCN2CCC(OC(F)F)C2)cc1OC. The Morgan fingerprint density at radius 2 is 2.08 bits per heavy atom. The fourth-order valence-electron chi connectivity index (χ4n) is 3.02. The van der Waals surface area contributed by atoms with E-state index < -0.39 is 6.61 Å². The van der Waals surface area contributed by atoms with E-state index in [-0.39, 0.29) is 6.10 Å². The maximum Gasteiger partial charge on any atom is 0.345 e. The van der Waals surface area contributed by atoms with Crippen molar-refractivity contribution >= 4 is 11.8 Å². The maximum atomic E-state index is 12.3. The minimum Gasteiger partial charge on any atom is -0.496 e. The Kier molecular flexibility index (Phi) is 7.74. The molecule has 0 bridgehead atoms. The van der Waals surface area contributed by atoms with Gasteiger partial charge in [0.25, 0.3) is 0 Å². The van der Waals surface area contributed by atoms with Crippen molar-refractivity contribution in [2.75, 3.05) is 40.1 Å². The Bertz CT molecular complexity index is 531. The van der Waals surface area contributed by atoms with E-state index in [1.807, 2.05) is 6.26 Å². The number of thioether (sulfide) groups is 1. The molecule has 0 N–H and O–H groups in total. The summed E-state index contributed by atoms with van der Waals surface area (Å²) in [6, 6.07) is 4.17. The average molecular weight is 361 g/mol. The lowest BCUT2D eigenvalue weighted by Gasteiger charge is -2.18. The average Bonchev–Trinajstić information content (AvgIpc) is 3.00. The lowest BCUT2D eigenvalue weighted by atomic mass is 10.1. The Balaban J connectivity index is 1.99. The minimum atomic E-state index is -2.68. The van der Waals surface area contributed by atoms with Crippen molar-refractivity contribution in [1.29, 1.82) is 0 Å². The van der Waals surface area contributed by atoms with Gasteiger partial charge in [-0.3, -0.25) is 0 Å². The molecule has 1 atom stereocenters. The topological polar surface area (TPSA) is 30.9 Å². The molecule has 1 aromatic carbocycles. The van der Waals surface area contributed by atoms with Crippen LogP contribution in [0.2, 0.25) is 0 Å². The van der Waals surface area contributed by atoms with Crippen molar-refractivity contribution in [3.05, 3.63) is 23.3 Å². The lowest BCUT2D eigenvalue weighted by molar-refractivity contribution is -0.158. The Morgan fingerprint density at radius 3 is 2.71 bits per heavy atom. The minimum absolute atomic E-state index is 0.358. The Labute approximate surface area is 146 Å². The van der Waals surface area contributed by atoms with Crippen LogP contribution in [0.1, 0.15) is 17.5 Å². The van der Waals surface area contributed by atoms with Gasteiger partial charge in [-0.25, -0.2) is 0 Å². The molecular weight excluding hydrogens is 336 g/mol. The van der Waals surface area contributed by atoms with Gasteiger partial charge in [0.2, 0.25) is 0 Å². The molecule has 0 saturated carbocycles. The summed E-state index contributed by atoms with van der Waals surface area (Å²) in [4.78, 5) is 3.37. The first-order valence-corrected chi connectivity index (χ1v) is 9.18. The largest absolute Gasteiger partial charge is 0.496 e. The standard InChI is InChI=1S/C17H25F2NO3S/c1-21-11-13-9-16(24-3)12(8-15(13)22-2)4-6-20-7-5-14(10-20)23-17(18)19/h8-9,14,17H,4-7,10-11H2,1-3H3. The van der Waals surface area contributed by atoms with Crippen LogP contribution in [0.3, 0.4) is 0 Å². The van der Waals surface area contributed by atoms with Crippen molar-refractivity contribution in [3.8, 4) is 5.75 Å². The number of halogens is 2. The number of rotatable bonds is 9. The molecule has 0 amide bonds. The highest BCUT2D eigenvalue weighted by Gasteiger charge is 2.25. The fourth-order valence-corrected chi connectivity index (χ4v) is 3.71. The Hall–Kier alpha value is -0.890. The van der Waals surface area contributed by atoms with Crippen LogP contribution < -0.4 is 4.74 Å². The number of alkyl halides is 2. The van der Waals surface area contributed by atoms with E-state index in [0.717, 1.165) is 30.8 Å². The third-order valence-electron chi connectivity index (χ3n) is 4.21. The lowest BCUT2D eigenvalue weighted by Crippen LogP contribution is -2.26. The van der Waals surface area contributed by atoms with Gasteiger partial charge in [0.05, 0.1) is 19.8 Å². The number of methoxy groups -OCH3 is 2. The highest BCUT2D eigenvalue weighted by atomic mass is 32.2. The first-order chi connectivity index (χ1) is 11.6. The molecule has 1 aliphatic heterocycles. The molecule has 136 valence electrons. The molecule has 1 aliphatic rings. The highest BCUT2D eigenvalue weighted by molar-refractivity contribution is 7.98. The van der Waals surface area contributed by atoms with Crippen LogP contribution in [0, 0.1) is 0 Å². The second kappa shape index (κ2) is 9.56. The van der Waals surface area contributed by atoms with Gasteiger partial charge in [0.15, 0.2) is 0 Å². The van der Waals surface area contributed by atoms with Crippen LogP contribution in [0.4, 0.5) is 8.78 Å². The molecule has 7 heteroatoms. The van der Waals surface area contributed by atoms with E-state index in [9.17, 15) is 8.78 Å². The van der Waals surface area contributed by atoms with E-state index in [0.29, 0.717) is 19.6 Å². The van der Waals surface area contributed by atoms with E-state index >= 15 is 0 Å². The fraction of sp³-hybridized carbons (Fsp3) is 0.647. The molecule has 1 aromatic rings. The predicted octanol–water partition coefficient (Wildman–Crippen LogP) is 3.42. The van der Waals surface area contributed by atoms with Crippen molar-refractivity contribution in [2.45, 2.75) is 37.1 Å². The second-order valence-corrected chi connectivity index (χ2v) is 6.62. The number of nitrogens with zero attached hydrogens (tertiary/aromatic N) is 1. The summed E-state index contributed by atoms with van der Waals surface area (Å²) in [5.74, 6) is 0.824. The molecular formula is C17H25F2NO3S. The normalized spacial score (nSPS) is 18.5. The first-order valence-electron chi connectivity index (χ1n) is 7.96. The number of likely N-dealkylation sites (tertiary alicyclic amines) is 1. The van der Waals surface area contributed by atoms with Crippen LogP contribution >= 0.6 is 11.8 Å². The molecule has 0 aliphatic carbocycles. The van der Waals surface area contributed by atoms with Gasteiger partial charge in [-0.05, 0) is 36.8 Å². The second-order valence-electron chi connectivity index (χ2n) is 5.77. The summed E-state index contributed by atoms with van der Waals surface area (Å²) in [5.41, 5.74) is 2.23. The summed E-state index contributed by atoms with van der Waals surface area (Å²) in [7, 11) is 3.32. The molecule has 24 heavy (non-hydrogen) atoms. The third kappa shape index (κ3) is 5.31. The predicted molar refractivity (Wildman–Crippen MR) is 91.1 cm³/mol. The zero-order valence-electron chi connectivity index (χ0n) is 14.4. The molecule has 1 unspecified atom stereocenters. The van der Waals surface area contributed by atoms with E-state index in [1.54, 1.807) is 26.0 Å². The van der Waals surface area contributed by atoms with E-state index in [1.165, 1.54) is 10.5 Å². The molecule has 0 radical (unpaired) electrons. The van der Waals surface area contributed by atoms with Crippen molar-refractivity contribution in [1.82, 2.24) is 4.90 Å². The number of hydrogen-bond acceptors (Lipinski definition) is 5. The number of ether oxygens (including phenoxy) is 3. The van der Waals surface area contributed by atoms with E-state index in [2.05, 4.69) is 21.8 Å². The summed E-state index contributed by atoms with van der Waals surface area (Å²) < 4.78 is 39.9. The molecule has 1 fully saturated rings. The zero-order valence-corrected chi connectivity index (χ0v) is 15.2. The van der Waals surface area contributed by atoms with Gasteiger partial charge in [-0.15, -0.1) is 11.8 Å². The molecule has 1 saturated heterocycles. The highest BCUT2D eigenvalue weighted by Crippen LogP contribution is 2.30. The van der Waals surface area contributed by atoms with Gasteiger partial charge >= 0.3 is 6.61 Å². The van der Waals surface area contributed by atoms with Crippen molar-refractivity contribution in [2.24, 2.45) is 0 Å². The summed E-state index contributed by atoms with van der Waals surface area (Å²) in [6.07, 6.45) is 3.20. The number of benzene rings is 1. The van der Waals surface area contributed by atoms with Crippen LogP contribution in [0.25, 0.3) is 0 Å². The van der Waals surface area contributed by atoms with Gasteiger partial charge in [-0.1, -0.05) is 0 Å². The van der Waals surface area contributed by atoms with Gasteiger partial charge in [-0.2, -0.15) is 8.78 Å². The van der Waals surface area contributed by atoms with Gasteiger partial charge in [0.1, 0.15) is 5.75 Å². The molecule has 2 rings (SSSR count). The van der Waals surface area contributed by atoms with Crippen LogP contribution in [0.5, 0.6) is 5.75 Å². The smallest absolute Gasteiger partial charge is 0.345 e. The monoisotopic (exact) mass is 361 g/mol. The maximum absolute atomic E-state index is 12.3. The van der Waals surface area contributed by atoms with Gasteiger partial charge < -0.3 is 19.1 Å².